The first-order valence-corrected chi connectivity index (χ1v) is 8.29. The van der Waals surface area contributed by atoms with E-state index in [1.807, 2.05) is 58.1 Å². The number of fused-ring (bicyclic) bond motifs is 1. The summed E-state index contributed by atoms with van der Waals surface area (Å²) in [6.07, 6.45) is 0. The van der Waals surface area contributed by atoms with E-state index < -0.39 is 0 Å². The van der Waals surface area contributed by atoms with Crippen molar-refractivity contribution in [3.63, 3.8) is 0 Å². The van der Waals surface area contributed by atoms with Crippen LogP contribution in [0.2, 0.25) is 0 Å². The summed E-state index contributed by atoms with van der Waals surface area (Å²) in [5.74, 6) is 2.62. The van der Waals surface area contributed by atoms with Gasteiger partial charge in [0.1, 0.15) is 5.69 Å². The molecule has 0 fully saturated rings. The predicted octanol–water partition coefficient (Wildman–Crippen LogP) is 3.18. The molecule has 1 aromatic carbocycles. The van der Waals surface area contributed by atoms with Crippen molar-refractivity contribution in [2.75, 3.05) is 61.5 Å². The van der Waals surface area contributed by atoms with E-state index in [0.717, 1.165) is 35.6 Å². The topological polar surface area (TPSA) is 38.7 Å². The molecular weight excluding hydrogens is 300 g/mol. The predicted molar refractivity (Wildman–Crippen MR) is 104 cm³/mol. The third-order valence-corrected chi connectivity index (χ3v) is 3.86. The fourth-order valence-corrected chi connectivity index (χ4v) is 2.69. The molecule has 0 radical (unpaired) electrons. The molecule has 0 spiro atoms. The normalized spacial score (nSPS) is 12.5. The van der Waals surface area contributed by atoms with Crippen LogP contribution in [0, 0.1) is 0 Å². The summed E-state index contributed by atoms with van der Waals surface area (Å²) in [7, 11) is 10.1. The molecule has 0 amide bonds. The number of hydrogen-bond acceptors (Lipinski definition) is 6. The van der Waals surface area contributed by atoms with Crippen molar-refractivity contribution >= 4 is 29.0 Å². The quantitative estimate of drug-likeness (QED) is 0.862. The maximum atomic E-state index is 4.78. The Hall–Kier alpha value is -2.50. The minimum absolute atomic E-state index is 0.721. The zero-order valence-corrected chi connectivity index (χ0v) is 15.8. The summed E-state index contributed by atoms with van der Waals surface area (Å²) in [5, 5.41) is 0. The van der Waals surface area contributed by atoms with Gasteiger partial charge in [-0.3, -0.25) is 0 Å². The summed E-state index contributed by atoms with van der Waals surface area (Å²) < 4.78 is 0. The van der Waals surface area contributed by atoms with Gasteiger partial charge < -0.3 is 19.6 Å². The Balaban J connectivity index is 0.00000100. The smallest absolute Gasteiger partial charge is 0.228 e. The fourth-order valence-electron chi connectivity index (χ4n) is 2.69. The fraction of sp³-hybridized carbons (Fsp3) is 0.444. The van der Waals surface area contributed by atoms with Crippen LogP contribution >= 0.6 is 0 Å². The Morgan fingerprint density at radius 1 is 0.917 bits per heavy atom. The molecule has 0 unspecified atom stereocenters. The summed E-state index contributed by atoms with van der Waals surface area (Å²) >= 11 is 0. The average Bonchev–Trinajstić information content (AvgIpc) is 2.90. The van der Waals surface area contributed by atoms with Crippen molar-refractivity contribution in [2.45, 2.75) is 13.8 Å². The van der Waals surface area contributed by atoms with Gasteiger partial charge in [-0.2, -0.15) is 9.97 Å². The Bertz CT molecular complexity index is 671. The van der Waals surface area contributed by atoms with Crippen molar-refractivity contribution in [3.8, 4) is 0 Å². The van der Waals surface area contributed by atoms with Crippen LogP contribution in [0.1, 0.15) is 13.8 Å². The molecule has 1 aromatic heterocycles. The molecule has 3 rings (SSSR count). The van der Waals surface area contributed by atoms with Gasteiger partial charge in [0.2, 0.25) is 5.95 Å². The molecule has 2 heterocycles. The number of anilines is 5. The molecule has 0 saturated carbocycles. The highest BCUT2D eigenvalue weighted by Crippen LogP contribution is 2.42. The van der Waals surface area contributed by atoms with E-state index >= 15 is 0 Å². The van der Waals surface area contributed by atoms with Gasteiger partial charge in [-0.15, -0.1) is 0 Å². The Kier molecular flexibility index (Phi) is 5.49. The molecule has 2 aromatic rings. The highest BCUT2D eigenvalue weighted by atomic mass is 15.4. The van der Waals surface area contributed by atoms with E-state index in [2.05, 4.69) is 40.9 Å². The Morgan fingerprint density at radius 3 is 2.12 bits per heavy atom. The third-order valence-electron chi connectivity index (χ3n) is 3.86. The minimum Gasteiger partial charge on any atom is -0.351 e. The van der Waals surface area contributed by atoms with E-state index in [4.69, 9.17) is 9.97 Å². The molecule has 130 valence electrons. The summed E-state index contributed by atoms with van der Waals surface area (Å²) in [6.45, 7) is 4.82. The number of nitrogens with zero attached hydrogens (tertiary/aromatic N) is 6. The standard InChI is InChI=1S/C16H22N6.C2H6/c1-19(2)16-17-14-13(20(3)11-21(14)4)15(18-16)22(5)12-9-7-6-8-10-12;1-2/h6-10H,11H2,1-5H3;1-2H3. The highest BCUT2D eigenvalue weighted by molar-refractivity contribution is 5.86. The van der Waals surface area contributed by atoms with Crippen LogP contribution in [0.4, 0.5) is 29.0 Å². The Morgan fingerprint density at radius 2 is 1.54 bits per heavy atom. The number of para-hydroxylation sites is 1. The molecule has 6 heteroatoms. The molecule has 0 atom stereocenters. The van der Waals surface area contributed by atoms with Crippen LogP contribution in [-0.4, -0.2) is 51.9 Å². The van der Waals surface area contributed by atoms with Gasteiger partial charge in [0, 0.05) is 40.9 Å². The van der Waals surface area contributed by atoms with Crippen LogP contribution in [0.15, 0.2) is 30.3 Å². The lowest BCUT2D eigenvalue weighted by molar-refractivity contribution is 0.906. The Labute approximate surface area is 145 Å². The second kappa shape index (κ2) is 7.38. The third kappa shape index (κ3) is 3.22. The molecular formula is C18H28N6. The monoisotopic (exact) mass is 328 g/mol. The molecule has 0 aliphatic carbocycles. The summed E-state index contributed by atoms with van der Waals surface area (Å²) in [6, 6.07) is 10.3. The van der Waals surface area contributed by atoms with Crippen LogP contribution in [-0.2, 0) is 0 Å². The van der Waals surface area contributed by atoms with E-state index in [1.54, 1.807) is 0 Å². The highest BCUT2D eigenvalue weighted by Gasteiger charge is 2.29. The van der Waals surface area contributed by atoms with Crippen molar-refractivity contribution in [1.82, 2.24) is 9.97 Å². The average molecular weight is 328 g/mol. The second-order valence-corrected chi connectivity index (χ2v) is 5.85. The van der Waals surface area contributed by atoms with Gasteiger partial charge in [0.05, 0.1) is 6.67 Å². The number of hydrogen-bond donors (Lipinski definition) is 0. The van der Waals surface area contributed by atoms with E-state index in [9.17, 15) is 0 Å². The van der Waals surface area contributed by atoms with Crippen molar-refractivity contribution in [2.24, 2.45) is 0 Å². The number of aromatic nitrogens is 2. The summed E-state index contributed by atoms with van der Waals surface area (Å²) in [5.41, 5.74) is 2.18. The molecule has 6 nitrogen and oxygen atoms in total. The largest absolute Gasteiger partial charge is 0.351 e. The van der Waals surface area contributed by atoms with Crippen molar-refractivity contribution in [3.05, 3.63) is 30.3 Å². The summed E-state index contributed by atoms with van der Waals surface area (Å²) in [4.78, 5) is 17.9. The van der Waals surface area contributed by atoms with E-state index in [1.165, 1.54) is 0 Å². The lowest BCUT2D eigenvalue weighted by Crippen LogP contribution is -2.24. The number of rotatable bonds is 3. The lowest BCUT2D eigenvalue weighted by Gasteiger charge is -2.24. The van der Waals surface area contributed by atoms with Gasteiger partial charge in [-0.05, 0) is 12.1 Å². The molecule has 0 bridgehead atoms. The van der Waals surface area contributed by atoms with Gasteiger partial charge in [-0.25, -0.2) is 0 Å². The second-order valence-electron chi connectivity index (χ2n) is 5.85. The van der Waals surface area contributed by atoms with Crippen molar-refractivity contribution < 1.29 is 0 Å². The first-order chi connectivity index (χ1) is 11.5. The maximum absolute atomic E-state index is 4.78. The molecule has 0 N–H and O–H groups in total. The van der Waals surface area contributed by atoms with Gasteiger partial charge >= 0.3 is 0 Å². The van der Waals surface area contributed by atoms with Crippen LogP contribution in [0.25, 0.3) is 0 Å². The first kappa shape index (κ1) is 17.8. The number of benzene rings is 1. The van der Waals surface area contributed by atoms with Gasteiger partial charge in [0.25, 0.3) is 0 Å². The SMILES string of the molecule is CC.CN(C)c1nc2c(c(N(C)c3ccccc3)n1)N(C)CN2C. The van der Waals surface area contributed by atoms with Crippen molar-refractivity contribution in [1.29, 1.82) is 0 Å². The van der Waals surface area contributed by atoms with Crippen LogP contribution in [0.5, 0.6) is 0 Å². The maximum Gasteiger partial charge on any atom is 0.228 e. The van der Waals surface area contributed by atoms with E-state index in [-0.39, 0.29) is 0 Å². The van der Waals surface area contributed by atoms with Gasteiger partial charge in [0.15, 0.2) is 11.6 Å². The van der Waals surface area contributed by atoms with Crippen LogP contribution < -0.4 is 19.6 Å². The molecule has 0 saturated heterocycles. The minimum atomic E-state index is 0.721. The molecule has 1 aliphatic rings. The lowest BCUT2D eigenvalue weighted by atomic mass is 10.3. The molecule has 1 aliphatic heterocycles. The van der Waals surface area contributed by atoms with E-state index in [0.29, 0.717) is 0 Å². The van der Waals surface area contributed by atoms with Gasteiger partial charge in [-0.1, -0.05) is 32.0 Å². The first-order valence-electron chi connectivity index (χ1n) is 8.29. The van der Waals surface area contributed by atoms with Crippen LogP contribution in [0.3, 0.4) is 0 Å². The molecule has 24 heavy (non-hydrogen) atoms. The zero-order valence-electron chi connectivity index (χ0n) is 15.8. The zero-order chi connectivity index (χ0) is 17.9.